The number of benzene rings is 1. The third-order valence-electron chi connectivity index (χ3n) is 2.00. The summed E-state index contributed by atoms with van der Waals surface area (Å²) in [5.41, 5.74) is 2.78. The third-order valence-corrected chi connectivity index (χ3v) is 2.00. The Labute approximate surface area is 72.4 Å². The van der Waals surface area contributed by atoms with Gasteiger partial charge in [0.05, 0.1) is 12.7 Å². The van der Waals surface area contributed by atoms with Crippen molar-refractivity contribution in [2.45, 2.75) is 13.8 Å². The minimum absolute atomic E-state index is 0.598. The first-order valence-corrected chi connectivity index (χ1v) is 3.75. The second-order valence-corrected chi connectivity index (χ2v) is 2.70. The predicted molar refractivity (Wildman–Crippen MR) is 47.2 cm³/mol. The Kier molecular flexibility index (Phi) is 2.35. The monoisotopic (exact) mass is 161 g/mol. The fourth-order valence-corrected chi connectivity index (χ4v) is 1.14. The largest absolute Gasteiger partial charge is 0.495 e. The van der Waals surface area contributed by atoms with E-state index in [1.54, 1.807) is 13.2 Å². The third kappa shape index (κ3) is 1.26. The molecule has 0 radical (unpaired) electrons. The molecule has 1 aromatic carbocycles. The molecular formula is C10H11NO. The van der Waals surface area contributed by atoms with Crippen LogP contribution in [0.5, 0.6) is 5.75 Å². The Bertz CT molecular complexity index is 336. The second-order valence-electron chi connectivity index (χ2n) is 2.70. The van der Waals surface area contributed by atoms with Gasteiger partial charge in [-0.25, -0.2) is 0 Å². The normalized spacial score (nSPS) is 9.17. The quantitative estimate of drug-likeness (QED) is 0.632. The summed E-state index contributed by atoms with van der Waals surface area (Å²) >= 11 is 0. The van der Waals surface area contributed by atoms with Crippen LogP contribution >= 0.6 is 0 Å². The van der Waals surface area contributed by atoms with Crippen LogP contribution < -0.4 is 4.74 Å². The van der Waals surface area contributed by atoms with E-state index in [0.717, 1.165) is 11.1 Å². The molecule has 0 amide bonds. The van der Waals surface area contributed by atoms with Crippen molar-refractivity contribution < 1.29 is 4.74 Å². The van der Waals surface area contributed by atoms with Crippen molar-refractivity contribution >= 4 is 0 Å². The standard InChI is InChI=1S/C10H11NO/c1-7-4-5-9(6-11)10(12-3)8(7)2/h4-5H,1-3H3. The topological polar surface area (TPSA) is 33.0 Å². The lowest BCUT2D eigenvalue weighted by atomic mass is 10.1. The van der Waals surface area contributed by atoms with E-state index in [1.807, 2.05) is 19.9 Å². The van der Waals surface area contributed by atoms with Gasteiger partial charge in [-0.1, -0.05) is 6.07 Å². The first kappa shape index (κ1) is 8.61. The molecule has 0 N–H and O–H groups in total. The number of rotatable bonds is 1. The van der Waals surface area contributed by atoms with E-state index in [2.05, 4.69) is 6.07 Å². The molecule has 0 saturated carbocycles. The molecule has 12 heavy (non-hydrogen) atoms. The molecule has 0 atom stereocenters. The molecule has 0 unspecified atom stereocenters. The fraction of sp³-hybridized carbons (Fsp3) is 0.300. The van der Waals surface area contributed by atoms with Gasteiger partial charge >= 0.3 is 0 Å². The molecule has 62 valence electrons. The molecule has 0 saturated heterocycles. The van der Waals surface area contributed by atoms with Gasteiger partial charge < -0.3 is 4.74 Å². The molecule has 0 heterocycles. The first-order chi connectivity index (χ1) is 5.70. The molecule has 0 aromatic heterocycles. The maximum atomic E-state index is 8.73. The van der Waals surface area contributed by atoms with Crippen LogP contribution in [0.1, 0.15) is 16.7 Å². The van der Waals surface area contributed by atoms with Crippen LogP contribution in [0.25, 0.3) is 0 Å². The summed E-state index contributed by atoms with van der Waals surface area (Å²) < 4.78 is 5.13. The van der Waals surface area contributed by atoms with Crippen LogP contribution in [0.2, 0.25) is 0 Å². The Morgan fingerprint density at radius 2 is 2.00 bits per heavy atom. The SMILES string of the molecule is COc1c(C#N)ccc(C)c1C. The van der Waals surface area contributed by atoms with Gasteiger partial charge in [0, 0.05) is 0 Å². The van der Waals surface area contributed by atoms with Gasteiger partial charge in [-0.3, -0.25) is 0 Å². The number of nitriles is 1. The van der Waals surface area contributed by atoms with Crippen LogP contribution in [0, 0.1) is 25.2 Å². The highest BCUT2D eigenvalue weighted by atomic mass is 16.5. The van der Waals surface area contributed by atoms with Crippen molar-refractivity contribution in [3.8, 4) is 11.8 Å². The number of hydrogen-bond donors (Lipinski definition) is 0. The van der Waals surface area contributed by atoms with E-state index in [0.29, 0.717) is 11.3 Å². The summed E-state index contributed by atoms with van der Waals surface area (Å²) in [5, 5.41) is 8.73. The number of nitrogens with zero attached hydrogens (tertiary/aromatic N) is 1. The van der Waals surface area contributed by atoms with E-state index in [9.17, 15) is 0 Å². The summed E-state index contributed by atoms with van der Waals surface area (Å²) in [6, 6.07) is 5.80. The summed E-state index contributed by atoms with van der Waals surface area (Å²) in [7, 11) is 1.59. The van der Waals surface area contributed by atoms with Gasteiger partial charge in [-0.05, 0) is 31.0 Å². The lowest BCUT2D eigenvalue weighted by Gasteiger charge is -2.08. The Morgan fingerprint density at radius 1 is 1.33 bits per heavy atom. The maximum Gasteiger partial charge on any atom is 0.139 e. The number of methoxy groups -OCH3 is 1. The van der Waals surface area contributed by atoms with Crippen LogP contribution in [-0.4, -0.2) is 7.11 Å². The molecule has 0 aliphatic carbocycles. The summed E-state index contributed by atoms with van der Waals surface area (Å²) in [6.07, 6.45) is 0. The van der Waals surface area contributed by atoms with Crippen molar-refractivity contribution in [1.29, 1.82) is 5.26 Å². The minimum Gasteiger partial charge on any atom is -0.495 e. The van der Waals surface area contributed by atoms with Crippen molar-refractivity contribution in [3.63, 3.8) is 0 Å². The summed E-state index contributed by atoms with van der Waals surface area (Å²) in [4.78, 5) is 0. The zero-order valence-corrected chi connectivity index (χ0v) is 7.51. The van der Waals surface area contributed by atoms with E-state index in [-0.39, 0.29) is 0 Å². The van der Waals surface area contributed by atoms with Crippen LogP contribution in [0.15, 0.2) is 12.1 Å². The van der Waals surface area contributed by atoms with Crippen molar-refractivity contribution in [3.05, 3.63) is 28.8 Å². The lowest BCUT2D eigenvalue weighted by molar-refractivity contribution is 0.410. The fourth-order valence-electron chi connectivity index (χ4n) is 1.14. The van der Waals surface area contributed by atoms with E-state index >= 15 is 0 Å². The highest BCUT2D eigenvalue weighted by Gasteiger charge is 2.06. The average Bonchev–Trinajstić information content (AvgIpc) is 2.09. The van der Waals surface area contributed by atoms with Crippen molar-refractivity contribution in [1.82, 2.24) is 0 Å². The average molecular weight is 161 g/mol. The highest BCUT2D eigenvalue weighted by Crippen LogP contribution is 2.24. The molecule has 0 aliphatic rings. The van der Waals surface area contributed by atoms with Crippen molar-refractivity contribution in [2.24, 2.45) is 0 Å². The molecule has 1 rings (SSSR count). The maximum absolute atomic E-state index is 8.73. The van der Waals surface area contributed by atoms with Gasteiger partial charge in [0.25, 0.3) is 0 Å². The Morgan fingerprint density at radius 3 is 2.50 bits per heavy atom. The first-order valence-electron chi connectivity index (χ1n) is 3.75. The molecule has 0 spiro atoms. The molecular weight excluding hydrogens is 150 g/mol. The zero-order chi connectivity index (χ0) is 9.14. The Balaban J connectivity index is 3.38. The molecule has 2 nitrogen and oxygen atoms in total. The van der Waals surface area contributed by atoms with E-state index < -0.39 is 0 Å². The van der Waals surface area contributed by atoms with Gasteiger partial charge in [0.15, 0.2) is 0 Å². The van der Waals surface area contributed by atoms with Gasteiger partial charge in [0.1, 0.15) is 11.8 Å². The van der Waals surface area contributed by atoms with Gasteiger partial charge in [-0.2, -0.15) is 5.26 Å². The van der Waals surface area contributed by atoms with Gasteiger partial charge in [0.2, 0.25) is 0 Å². The number of ether oxygens (including phenoxy) is 1. The van der Waals surface area contributed by atoms with Crippen molar-refractivity contribution in [2.75, 3.05) is 7.11 Å². The van der Waals surface area contributed by atoms with Crippen LogP contribution in [0.4, 0.5) is 0 Å². The minimum atomic E-state index is 0.598. The molecule has 0 bridgehead atoms. The summed E-state index contributed by atoms with van der Waals surface area (Å²) in [6.45, 7) is 3.95. The van der Waals surface area contributed by atoms with Crippen LogP contribution in [-0.2, 0) is 0 Å². The highest BCUT2D eigenvalue weighted by molar-refractivity contribution is 5.50. The second kappa shape index (κ2) is 3.27. The number of hydrogen-bond acceptors (Lipinski definition) is 2. The van der Waals surface area contributed by atoms with Crippen LogP contribution in [0.3, 0.4) is 0 Å². The zero-order valence-electron chi connectivity index (χ0n) is 7.51. The van der Waals surface area contributed by atoms with Gasteiger partial charge in [-0.15, -0.1) is 0 Å². The van der Waals surface area contributed by atoms with E-state index in [4.69, 9.17) is 10.00 Å². The molecule has 1 aromatic rings. The summed E-state index contributed by atoms with van der Waals surface area (Å²) in [5.74, 6) is 0.692. The molecule has 2 heteroatoms. The molecule has 0 fully saturated rings. The smallest absolute Gasteiger partial charge is 0.139 e. The lowest BCUT2D eigenvalue weighted by Crippen LogP contribution is -1.93. The predicted octanol–water partition coefficient (Wildman–Crippen LogP) is 2.18. The Hall–Kier alpha value is -1.49. The van der Waals surface area contributed by atoms with E-state index in [1.165, 1.54) is 0 Å². The number of aryl methyl sites for hydroxylation is 1. The molecule has 0 aliphatic heterocycles.